The van der Waals surface area contributed by atoms with E-state index < -0.39 is 0 Å². The number of carbonyl (C=O) groups excluding carboxylic acids is 1. The van der Waals surface area contributed by atoms with Crippen molar-refractivity contribution in [3.8, 4) is 0 Å². The lowest BCUT2D eigenvalue weighted by atomic mass is 9.83. The Morgan fingerprint density at radius 3 is 2.90 bits per heavy atom. The maximum absolute atomic E-state index is 12.2. The smallest absolute Gasteiger partial charge is 0.225 e. The van der Waals surface area contributed by atoms with Crippen molar-refractivity contribution < 1.29 is 4.79 Å². The van der Waals surface area contributed by atoms with E-state index in [1.54, 1.807) is 0 Å². The number of aryl methyl sites for hydroxylation is 1. The number of benzene rings is 2. The van der Waals surface area contributed by atoms with Gasteiger partial charge in [0.2, 0.25) is 5.91 Å². The number of halogens is 1. The second-order valence-corrected chi connectivity index (χ2v) is 6.32. The fourth-order valence-corrected chi connectivity index (χ4v) is 3.83. The molecule has 3 heteroatoms. The van der Waals surface area contributed by atoms with Crippen LogP contribution in [0.2, 0.25) is 5.02 Å². The number of hydrogen-bond donors (Lipinski definition) is 1. The molecule has 2 aromatic carbocycles. The first-order valence-corrected chi connectivity index (χ1v) is 7.80. The van der Waals surface area contributed by atoms with Crippen molar-refractivity contribution >= 4 is 23.2 Å². The highest BCUT2D eigenvalue weighted by molar-refractivity contribution is 6.30. The van der Waals surface area contributed by atoms with E-state index in [4.69, 9.17) is 11.6 Å². The van der Waals surface area contributed by atoms with Gasteiger partial charge in [-0.2, -0.15) is 0 Å². The predicted molar refractivity (Wildman–Crippen MR) is 85.0 cm³/mol. The van der Waals surface area contributed by atoms with E-state index >= 15 is 0 Å². The average Bonchev–Trinajstić information content (AvgIpc) is 2.95. The summed E-state index contributed by atoms with van der Waals surface area (Å²) in [4.78, 5) is 12.2. The predicted octanol–water partition coefficient (Wildman–Crippen LogP) is 4.30. The minimum Gasteiger partial charge on any atom is -0.326 e. The fourth-order valence-electron chi connectivity index (χ4n) is 3.63. The maximum atomic E-state index is 12.2. The van der Waals surface area contributed by atoms with Gasteiger partial charge in [-0.25, -0.2) is 0 Å². The molecule has 4 rings (SSSR count). The summed E-state index contributed by atoms with van der Waals surface area (Å²) >= 11 is 6.12. The summed E-state index contributed by atoms with van der Waals surface area (Å²) in [6.45, 7) is 0. The van der Waals surface area contributed by atoms with Crippen molar-refractivity contribution in [2.45, 2.75) is 31.6 Å². The molecule has 0 spiro atoms. The van der Waals surface area contributed by atoms with E-state index in [0.717, 1.165) is 29.1 Å². The van der Waals surface area contributed by atoms with Crippen molar-refractivity contribution in [3.63, 3.8) is 0 Å². The van der Waals surface area contributed by atoms with Gasteiger partial charge in [0.05, 0.1) is 0 Å². The van der Waals surface area contributed by atoms with Gasteiger partial charge in [-0.3, -0.25) is 4.79 Å². The maximum Gasteiger partial charge on any atom is 0.225 e. The molecule has 1 aliphatic carbocycles. The van der Waals surface area contributed by atoms with E-state index in [-0.39, 0.29) is 11.8 Å². The molecule has 0 saturated heterocycles. The van der Waals surface area contributed by atoms with Crippen molar-refractivity contribution in [2.75, 3.05) is 5.32 Å². The quantitative estimate of drug-likeness (QED) is 0.835. The van der Waals surface area contributed by atoms with Crippen molar-refractivity contribution in [1.29, 1.82) is 0 Å². The Kier molecular flexibility index (Phi) is 3.00. The lowest BCUT2D eigenvalue weighted by Crippen LogP contribution is -2.24. The zero-order chi connectivity index (χ0) is 14.4. The van der Waals surface area contributed by atoms with Crippen LogP contribution in [0.4, 0.5) is 5.69 Å². The highest BCUT2D eigenvalue weighted by Gasteiger charge is 2.30. The highest BCUT2D eigenvalue weighted by atomic mass is 35.5. The second-order valence-electron chi connectivity index (χ2n) is 5.88. The lowest BCUT2D eigenvalue weighted by molar-refractivity contribution is -0.116. The first-order valence-electron chi connectivity index (χ1n) is 7.42. The standard InChI is InChI=1S/C18H16ClNO/c19-13-5-1-4-12(9-13)16-10-17(21)20-18-14-6-2-3-11(14)7-8-15(16)18/h1,4-5,7-9,16H,2-3,6,10H2,(H,20,21). The first kappa shape index (κ1) is 12.9. The molecule has 0 bridgehead atoms. The van der Waals surface area contributed by atoms with Crippen LogP contribution in [0.1, 0.15) is 41.0 Å². The molecule has 0 radical (unpaired) electrons. The van der Waals surface area contributed by atoms with Gasteiger partial charge >= 0.3 is 0 Å². The van der Waals surface area contributed by atoms with Crippen LogP contribution < -0.4 is 5.32 Å². The summed E-state index contributed by atoms with van der Waals surface area (Å²) in [5.41, 5.74) is 6.15. The molecule has 2 aromatic rings. The Balaban J connectivity index is 1.87. The van der Waals surface area contributed by atoms with Crippen molar-refractivity contribution in [3.05, 3.63) is 63.7 Å². The summed E-state index contributed by atoms with van der Waals surface area (Å²) < 4.78 is 0. The fraction of sp³-hybridized carbons (Fsp3) is 0.278. The van der Waals surface area contributed by atoms with Gasteiger partial charge in [0, 0.05) is 23.0 Å². The summed E-state index contributed by atoms with van der Waals surface area (Å²) in [6, 6.07) is 12.3. The zero-order valence-corrected chi connectivity index (χ0v) is 12.4. The Hall–Kier alpha value is -1.80. The van der Waals surface area contributed by atoms with Crippen LogP contribution in [0.5, 0.6) is 0 Å². The monoisotopic (exact) mass is 297 g/mol. The molecule has 1 aliphatic heterocycles. The number of carbonyl (C=O) groups is 1. The zero-order valence-electron chi connectivity index (χ0n) is 11.7. The highest BCUT2D eigenvalue weighted by Crippen LogP contribution is 2.42. The van der Waals surface area contributed by atoms with Gasteiger partial charge in [0.15, 0.2) is 0 Å². The van der Waals surface area contributed by atoms with Crippen LogP contribution >= 0.6 is 11.6 Å². The molecule has 1 amide bonds. The average molecular weight is 298 g/mol. The number of hydrogen-bond acceptors (Lipinski definition) is 1. The van der Waals surface area contributed by atoms with E-state index in [1.165, 1.54) is 23.1 Å². The summed E-state index contributed by atoms with van der Waals surface area (Å²) in [5.74, 6) is 0.214. The van der Waals surface area contributed by atoms with Gasteiger partial charge in [-0.1, -0.05) is 35.9 Å². The van der Waals surface area contributed by atoms with Gasteiger partial charge < -0.3 is 5.32 Å². The molecule has 0 aromatic heterocycles. The minimum atomic E-state index is 0.104. The summed E-state index contributed by atoms with van der Waals surface area (Å²) in [6.07, 6.45) is 3.87. The largest absolute Gasteiger partial charge is 0.326 e. The van der Waals surface area contributed by atoms with Crippen LogP contribution in [-0.4, -0.2) is 5.91 Å². The van der Waals surface area contributed by atoms with Crippen molar-refractivity contribution in [2.24, 2.45) is 0 Å². The van der Waals surface area contributed by atoms with E-state index in [0.29, 0.717) is 6.42 Å². The van der Waals surface area contributed by atoms with Crippen LogP contribution in [-0.2, 0) is 17.6 Å². The molecule has 1 atom stereocenters. The van der Waals surface area contributed by atoms with Crippen LogP contribution in [0.15, 0.2) is 36.4 Å². The Morgan fingerprint density at radius 1 is 1.14 bits per heavy atom. The number of anilines is 1. The van der Waals surface area contributed by atoms with Gasteiger partial charge in [0.1, 0.15) is 0 Å². The molecule has 0 saturated carbocycles. The number of nitrogens with one attached hydrogen (secondary N) is 1. The SMILES string of the molecule is O=C1CC(c2cccc(Cl)c2)c2ccc3c(c2N1)CCC3. The topological polar surface area (TPSA) is 29.1 Å². The molecule has 106 valence electrons. The molecule has 2 nitrogen and oxygen atoms in total. The molecular weight excluding hydrogens is 282 g/mol. The first-order chi connectivity index (χ1) is 10.2. The molecule has 1 heterocycles. The van der Waals surface area contributed by atoms with Gasteiger partial charge in [0.25, 0.3) is 0 Å². The molecule has 1 N–H and O–H groups in total. The van der Waals surface area contributed by atoms with Crippen LogP contribution in [0.3, 0.4) is 0 Å². The number of fused-ring (bicyclic) bond motifs is 3. The molecule has 1 unspecified atom stereocenters. The van der Waals surface area contributed by atoms with Crippen molar-refractivity contribution in [1.82, 2.24) is 0 Å². The van der Waals surface area contributed by atoms with Gasteiger partial charge in [-0.15, -0.1) is 0 Å². The molecule has 21 heavy (non-hydrogen) atoms. The van der Waals surface area contributed by atoms with Crippen LogP contribution in [0, 0.1) is 0 Å². The number of amides is 1. The minimum absolute atomic E-state index is 0.104. The number of rotatable bonds is 1. The molecular formula is C18H16ClNO. The Morgan fingerprint density at radius 2 is 2.05 bits per heavy atom. The third-order valence-corrected chi connectivity index (χ3v) is 4.83. The second kappa shape index (κ2) is 4.88. The third-order valence-electron chi connectivity index (χ3n) is 4.60. The summed E-state index contributed by atoms with van der Waals surface area (Å²) in [7, 11) is 0. The Labute approximate surface area is 129 Å². The lowest BCUT2D eigenvalue weighted by Gasteiger charge is -2.28. The normalized spacial score (nSPS) is 19.9. The van der Waals surface area contributed by atoms with E-state index in [1.807, 2.05) is 18.2 Å². The third kappa shape index (κ3) is 2.14. The molecule has 2 aliphatic rings. The van der Waals surface area contributed by atoms with E-state index in [9.17, 15) is 4.79 Å². The van der Waals surface area contributed by atoms with Gasteiger partial charge in [-0.05, 0) is 53.6 Å². The molecule has 0 fully saturated rings. The van der Waals surface area contributed by atoms with E-state index in [2.05, 4.69) is 23.5 Å². The summed E-state index contributed by atoms with van der Waals surface area (Å²) in [5, 5.41) is 3.83. The Bertz CT molecular complexity index is 738. The van der Waals surface area contributed by atoms with Crippen LogP contribution in [0.25, 0.3) is 0 Å².